The number of anilines is 1. The van der Waals surface area contributed by atoms with Crippen LogP contribution in [0.15, 0.2) is 54.6 Å². The number of halogens is 1. The first-order valence-electron chi connectivity index (χ1n) is 7.98. The Hall–Kier alpha value is -1.84. The topological polar surface area (TPSA) is 29.5 Å². The van der Waals surface area contributed by atoms with Crippen LogP contribution in [0.5, 0.6) is 0 Å². The number of carbonyl (C=O) groups excluding carboxylic acids is 1. The van der Waals surface area contributed by atoms with Crippen molar-refractivity contribution in [2.24, 2.45) is 0 Å². The minimum Gasteiger partial charge on any atom is -0.354 e. The normalized spacial score (nSPS) is 16.7. The van der Waals surface area contributed by atoms with E-state index in [4.69, 9.17) is 16.3 Å². The number of amides is 1. The van der Waals surface area contributed by atoms with Crippen LogP contribution in [-0.2, 0) is 4.74 Å². The van der Waals surface area contributed by atoms with Crippen molar-refractivity contribution in [2.75, 3.05) is 17.4 Å². The molecule has 1 aliphatic rings. The molecular weight excluding hydrogens is 310 g/mol. The average Bonchev–Trinajstić information content (AvgIpc) is 2.88. The summed E-state index contributed by atoms with van der Waals surface area (Å²) in [5.74, 6) is 0.679. The second kappa shape index (κ2) is 7.62. The number of rotatable bonds is 7. The van der Waals surface area contributed by atoms with Gasteiger partial charge in [-0.2, -0.15) is 0 Å². The summed E-state index contributed by atoms with van der Waals surface area (Å²) in [7, 11) is 0. The lowest BCUT2D eigenvalue weighted by Crippen LogP contribution is -2.29. The van der Waals surface area contributed by atoms with Gasteiger partial charge in [0.1, 0.15) is 0 Å². The quantitative estimate of drug-likeness (QED) is 0.541. The van der Waals surface area contributed by atoms with E-state index >= 15 is 0 Å². The van der Waals surface area contributed by atoms with Crippen molar-refractivity contribution in [3.8, 4) is 0 Å². The lowest BCUT2D eigenvalue weighted by Gasteiger charge is -2.25. The van der Waals surface area contributed by atoms with Crippen molar-refractivity contribution < 1.29 is 9.53 Å². The fourth-order valence-corrected chi connectivity index (χ4v) is 3.05. The largest absolute Gasteiger partial charge is 0.354 e. The minimum atomic E-state index is -0.350. The number of nitrogens with zero attached hydrogens (tertiary/aromatic N) is 1. The Morgan fingerprint density at radius 2 is 1.70 bits per heavy atom. The number of carbonyl (C=O) groups is 1. The highest BCUT2D eigenvalue weighted by molar-refractivity contribution is 6.17. The van der Waals surface area contributed by atoms with Gasteiger partial charge in [-0.3, -0.25) is 9.69 Å². The molecule has 0 saturated heterocycles. The lowest BCUT2D eigenvalue weighted by atomic mass is 10.1. The maximum Gasteiger partial charge on any atom is 0.261 e. The molecule has 0 aliphatic carbocycles. The van der Waals surface area contributed by atoms with E-state index in [1.807, 2.05) is 54.6 Å². The number of hydrogen-bond donors (Lipinski definition) is 0. The summed E-state index contributed by atoms with van der Waals surface area (Å²) in [6.07, 6.45) is 2.63. The smallest absolute Gasteiger partial charge is 0.261 e. The van der Waals surface area contributed by atoms with E-state index in [0.717, 1.165) is 36.1 Å². The predicted molar refractivity (Wildman–Crippen MR) is 93.0 cm³/mol. The van der Waals surface area contributed by atoms with Gasteiger partial charge in [0.2, 0.25) is 0 Å². The Morgan fingerprint density at radius 3 is 2.48 bits per heavy atom. The van der Waals surface area contributed by atoms with Crippen LogP contribution in [0.1, 0.15) is 41.4 Å². The Morgan fingerprint density at radius 1 is 0.957 bits per heavy atom. The van der Waals surface area contributed by atoms with Gasteiger partial charge in [0.25, 0.3) is 5.91 Å². The van der Waals surface area contributed by atoms with Gasteiger partial charge < -0.3 is 4.74 Å². The summed E-state index contributed by atoms with van der Waals surface area (Å²) >= 11 is 5.70. The molecule has 0 radical (unpaired) electrons. The molecule has 0 spiro atoms. The Bertz CT molecular complexity index is 659. The molecule has 1 aliphatic heterocycles. The zero-order valence-corrected chi connectivity index (χ0v) is 13.7. The van der Waals surface area contributed by atoms with E-state index in [0.29, 0.717) is 12.5 Å². The van der Waals surface area contributed by atoms with Gasteiger partial charge in [0, 0.05) is 29.3 Å². The molecular formula is C19H20ClNO2. The van der Waals surface area contributed by atoms with E-state index in [1.54, 1.807) is 4.90 Å². The summed E-state index contributed by atoms with van der Waals surface area (Å²) in [5.41, 5.74) is 2.53. The second-order valence-electron chi connectivity index (χ2n) is 5.57. The van der Waals surface area contributed by atoms with Gasteiger partial charge in [-0.15, -0.1) is 11.6 Å². The van der Waals surface area contributed by atoms with Gasteiger partial charge in [0.05, 0.1) is 0 Å². The molecule has 120 valence electrons. The van der Waals surface area contributed by atoms with Gasteiger partial charge in [-0.1, -0.05) is 36.4 Å². The maximum absolute atomic E-state index is 12.8. The first kappa shape index (κ1) is 16.0. The van der Waals surface area contributed by atoms with Gasteiger partial charge in [0.15, 0.2) is 6.23 Å². The van der Waals surface area contributed by atoms with Crippen molar-refractivity contribution in [2.45, 2.75) is 25.5 Å². The maximum atomic E-state index is 12.8. The van der Waals surface area contributed by atoms with Crippen LogP contribution in [0.4, 0.5) is 5.69 Å². The molecule has 0 saturated carbocycles. The molecule has 3 nitrogen and oxygen atoms in total. The van der Waals surface area contributed by atoms with E-state index in [9.17, 15) is 4.79 Å². The molecule has 4 heteroatoms. The van der Waals surface area contributed by atoms with Crippen LogP contribution in [0.3, 0.4) is 0 Å². The first-order chi connectivity index (χ1) is 11.3. The number of unbranched alkanes of at least 4 members (excludes halogenated alkanes) is 2. The number of para-hydroxylation sites is 1. The van der Waals surface area contributed by atoms with E-state index in [1.165, 1.54) is 0 Å². The Kier molecular flexibility index (Phi) is 5.31. The van der Waals surface area contributed by atoms with Crippen LogP contribution >= 0.6 is 11.6 Å². The molecule has 0 bridgehead atoms. The second-order valence-corrected chi connectivity index (χ2v) is 5.95. The molecule has 1 atom stereocenters. The molecule has 1 unspecified atom stereocenters. The van der Waals surface area contributed by atoms with E-state index < -0.39 is 0 Å². The summed E-state index contributed by atoms with van der Waals surface area (Å²) < 4.78 is 6.08. The van der Waals surface area contributed by atoms with Crippen LogP contribution in [-0.4, -0.2) is 18.4 Å². The fourth-order valence-electron chi connectivity index (χ4n) is 2.86. The van der Waals surface area contributed by atoms with Gasteiger partial charge in [-0.05, 0) is 37.5 Å². The van der Waals surface area contributed by atoms with Crippen molar-refractivity contribution >= 4 is 23.2 Å². The summed E-state index contributed by atoms with van der Waals surface area (Å²) in [6, 6.07) is 17.4. The van der Waals surface area contributed by atoms with Crippen LogP contribution in [0, 0.1) is 0 Å². The lowest BCUT2D eigenvalue weighted by molar-refractivity contribution is 0.0500. The number of benzene rings is 2. The predicted octanol–water partition coefficient (Wildman–Crippen LogP) is 4.77. The molecule has 0 aromatic heterocycles. The standard InChI is InChI=1S/C19H20ClNO2/c20-13-7-2-8-14-23-19-17-12-6-5-11-16(17)18(22)21(19)15-9-3-1-4-10-15/h1,3-6,9-12,19H,2,7-8,13-14H2. The number of fused-ring (bicyclic) bond motifs is 1. The molecule has 0 N–H and O–H groups in total. The van der Waals surface area contributed by atoms with Crippen LogP contribution in [0.2, 0.25) is 0 Å². The third-order valence-electron chi connectivity index (χ3n) is 4.00. The molecule has 1 heterocycles. The summed E-state index contributed by atoms with van der Waals surface area (Å²) in [5, 5.41) is 0. The van der Waals surface area contributed by atoms with Crippen molar-refractivity contribution in [1.29, 1.82) is 0 Å². The highest BCUT2D eigenvalue weighted by Gasteiger charge is 2.37. The monoisotopic (exact) mass is 329 g/mol. The third kappa shape index (κ3) is 3.41. The number of alkyl halides is 1. The molecule has 1 amide bonds. The van der Waals surface area contributed by atoms with Crippen molar-refractivity contribution in [3.63, 3.8) is 0 Å². The zero-order chi connectivity index (χ0) is 16.1. The molecule has 2 aromatic carbocycles. The van der Waals surface area contributed by atoms with Crippen molar-refractivity contribution in [1.82, 2.24) is 0 Å². The third-order valence-corrected chi connectivity index (χ3v) is 4.27. The van der Waals surface area contributed by atoms with Crippen molar-refractivity contribution in [3.05, 3.63) is 65.7 Å². The number of hydrogen-bond acceptors (Lipinski definition) is 2. The Labute approximate surface area is 141 Å². The highest BCUT2D eigenvalue weighted by atomic mass is 35.5. The minimum absolute atomic E-state index is 0.00226. The van der Waals surface area contributed by atoms with Crippen LogP contribution in [0.25, 0.3) is 0 Å². The zero-order valence-electron chi connectivity index (χ0n) is 13.0. The Balaban J connectivity index is 1.81. The summed E-state index contributed by atoms with van der Waals surface area (Å²) in [4.78, 5) is 14.5. The SMILES string of the molecule is O=C1c2ccccc2C(OCCCCCCl)N1c1ccccc1. The number of ether oxygens (including phenoxy) is 1. The van der Waals surface area contributed by atoms with E-state index in [2.05, 4.69) is 0 Å². The van der Waals surface area contributed by atoms with Gasteiger partial charge >= 0.3 is 0 Å². The molecule has 23 heavy (non-hydrogen) atoms. The van der Waals surface area contributed by atoms with E-state index in [-0.39, 0.29) is 12.1 Å². The first-order valence-corrected chi connectivity index (χ1v) is 8.51. The highest BCUT2D eigenvalue weighted by Crippen LogP contribution is 2.38. The van der Waals surface area contributed by atoms with Crippen LogP contribution < -0.4 is 4.90 Å². The summed E-state index contributed by atoms with van der Waals surface area (Å²) in [6.45, 7) is 0.618. The van der Waals surface area contributed by atoms with Gasteiger partial charge in [-0.25, -0.2) is 0 Å². The molecule has 3 rings (SSSR count). The average molecular weight is 330 g/mol. The molecule has 0 fully saturated rings. The fraction of sp³-hybridized carbons (Fsp3) is 0.316. The molecule has 2 aromatic rings.